The molecule has 0 radical (unpaired) electrons. The lowest BCUT2D eigenvalue weighted by Gasteiger charge is -2.33. The number of sulfone groups is 1. The highest BCUT2D eigenvalue weighted by molar-refractivity contribution is 8.01. The van der Waals surface area contributed by atoms with E-state index < -0.39 is 31.1 Å². The van der Waals surface area contributed by atoms with E-state index in [1.165, 1.54) is 38.8 Å². The summed E-state index contributed by atoms with van der Waals surface area (Å²) in [6, 6.07) is 4.15. The number of nitrogens with zero attached hydrogens (tertiary/aromatic N) is 2. The number of carbonyl (C=O) groups is 1. The van der Waals surface area contributed by atoms with Gasteiger partial charge in [0.1, 0.15) is 16.4 Å². The van der Waals surface area contributed by atoms with Crippen molar-refractivity contribution in [3.05, 3.63) is 57.6 Å². The Labute approximate surface area is 173 Å². The third-order valence-corrected chi connectivity index (χ3v) is 8.15. The fourth-order valence-electron chi connectivity index (χ4n) is 3.40. The number of aliphatic hydroxyl groups excluding tert-OH is 1. The van der Waals surface area contributed by atoms with Gasteiger partial charge < -0.3 is 10.0 Å². The van der Waals surface area contributed by atoms with Crippen LogP contribution in [0, 0.1) is 12.7 Å². The summed E-state index contributed by atoms with van der Waals surface area (Å²) in [5.74, 6) is -1.61. The summed E-state index contributed by atoms with van der Waals surface area (Å²) >= 11 is 6.54. The Hall–Kier alpha value is -2.45. The van der Waals surface area contributed by atoms with E-state index in [0.717, 1.165) is 12.3 Å². The van der Waals surface area contributed by atoms with Gasteiger partial charge in [-0.2, -0.15) is 0 Å². The second-order valence-corrected chi connectivity index (χ2v) is 10.2. The van der Waals surface area contributed by atoms with E-state index in [0.29, 0.717) is 11.3 Å². The highest BCUT2D eigenvalue weighted by atomic mass is 35.5. The summed E-state index contributed by atoms with van der Waals surface area (Å²) < 4.78 is 39.1. The fourth-order valence-corrected chi connectivity index (χ4v) is 5.66. The molecule has 0 spiro atoms. The molecule has 6 nitrogen and oxygen atoms in total. The molecule has 1 aromatic carbocycles. The van der Waals surface area contributed by atoms with Crippen molar-refractivity contribution in [2.45, 2.75) is 32.4 Å². The molecule has 0 fully saturated rings. The first-order valence-electron chi connectivity index (χ1n) is 8.70. The molecule has 1 amide bonds. The molecule has 2 aromatic rings. The number of halogens is 2. The molecule has 1 N–H and O–H groups in total. The molecule has 29 heavy (non-hydrogen) atoms. The Morgan fingerprint density at radius 2 is 1.93 bits per heavy atom. The van der Waals surface area contributed by atoms with E-state index in [2.05, 4.69) is 4.98 Å². The summed E-state index contributed by atoms with van der Waals surface area (Å²) in [6.45, 7) is 5.92. The van der Waals surface area contributed by atoms with Crippen LogP contribution in [-0.2, 0) is 19.4 Å². The van der Waals surface area contributed by atoms with Crippen molar-refractivity contribution in [1.82, 2.24) is 4.98 Å². The maximum absolute atomic E-state index is 13.7. The van der Waals surface area contributed by atoms with Crippen molar-refractivity contribution in [2.75, 3.05) is 11.9 Å². The largest absolute Gasteiger partial charge is 0.504 e. The normalized spacial score (nSPS) is 17.1. The molecule has 0 aliphatic carbocycles. The van der Waals surface area contributed by atoms with Crippen LogP contribution < -0.4 is 4.90 Å². The number of anilines is 1. The number of benzene rings is 1. The van der Waals surface area contributed by atoms with Crippen LogP contribution in [0.3, 0.4) is 0 Å². The van der Waals surface area contributed by atoms with Crippen LogP contribution in [0.4, 0.5) is 10.1 Å². The molecule has 1 aromatic heterocycles. The number of hydrogen-bond acceptors (Lipinski definition) is 5. The monoisotopic (exact) mass is 438 g/mol. The van der Waals surface area contributed by atoms with E-state index in [1.54, 1.807) is 13.0 Å². The van der Waals surface area contributed by atoms with E-state index in [1.807, 2.05) is 0 Å². The summed E-state index contributed by atoms with van der Waals surface area (Å²) in [7, 11) is -2.68. The van der Waals surface area contributed by atoms with Crippen LogP contribution in [0.2, 0.25) is 5.02 Å². The van der Waals surface area contributed by atoms with E-state index in [4.69, 9.17) is 11.6 Å². The van der Waals surface area contributed by atoms with Crippen LogP contribution in [0.1, 0.15) is 43.2 Å². The third-order valence-electron chi connectivity index (χ3n) is 5.25. The van der Waals surface area contributed by atoms with Crippen LogP contribution in [0.25, 0.3) is 10.7 Å². The smallest absolute Gasteiger partial charge is 0.223 e. The molecule has 154 valence electrons. The topological polar surface area (TPSA) is 87.6 Å². The van der Waals surface area contributed by atoms with E-state index >= 15 is 0 Å². The van der Waals surface area contributed by atoms with Crippen LogP contribution in [-0.4, -0.2) is 31.5 Å². The summed E-state index contributed by atoms with van der Waals surface area (Å²) in [5, 5.41) is 10.9. The molecule has 3 rings (SSSR count). The molecule has 0 unspecified atom stereocenters. The van der Waals surface area contributed by atoms with Gasteiger partial charge in [0.15, 0.2) is 15.6 Å². The van der Waals surface area contributed by atoms with Crippen LogP contribution in [0.5, 0.6) is 0 Å². The summed E-state index contributed by atoms with van der Waals surface area (Å²) in [6.07, 6.45) is 0.909. The maximum atomic E-state index is 13.7. The molecule has 0 saturated heterocycles. The Morgan fingerprint density at radius 1 is 1.31 bits per heavy atom. The zero-order valence-electron chi connectivity index (χ0n) is 16.5. The van der Waals surface area contributed by atoms with Crippen molar-refractivity contribution < 1.29 is 22.7 Å². The summed E-state index contributed by atoms with van der Waals surface area (Å²) in [4.78, 5) is 16.7. The number of fused-ring (bicyclic) bond motifs is 1. The van der Waals surface area contributed by atoms with Crippen LogP contribution >= 0.6 is 11.6 Å². The number of rotatable bonds is 2. The van der Waals surface area contributed by atoms with Crippen LogP contribution in [0.15, 0.2) is 24.4 Å². The van der Waals surface area contributed by atoms with Crippen molar-refractivity contribution in [1.29, 1.82) is 0 Å². The Bertz CT molecular complexity index is 1190. The second kappa shape index (κ2) is 6.81. The zero-order valence-corrected chi connectivity index (χ0v) is 18.1. The predicted octanol–water partition coefficient (Wildman–Crippen LogP) is 4.21. The molecule has 9 heteroatoms. The lowest BCUT2D eigenvalue weighted by Crippen LogP contribution is -2.35. The number of aryl methyl sites for hydroxylation is 1. The molecule has 0 saturated carbocycles. The molecule has 1 aliphatic heterocycles. The first-order valence-corrected chi connectivity index (χ1v) is 10.6. The Kier molecular flexibility index (Phi) is 4.99. The zero-order chi connectivity index (χ0) is 21.9. The second-order valence-electron chi connectivity index (χ2n) is 7.41. The highest BCUT2D eigenvalue weighted by Gasteiger charge is 2.48. The van der Waals surface area contributed by atoms with Gasteiger partial charge in [-0.15, -0.1) is 0 Å². The Balaban J connectivity index is 2.42. The predicted molar refractivity (Wildman–Crippen MR) is 111 cm³/mol. The SMILES string of the molecule is CC(=O)N(C)c1c(C)ccc(C2=C(O)c3ncc(F)cc3C(C)(C)S2(=O)=O)c1Cl. The Morgan fingerprint density at radius 3 is 2.52 bits per heavy atom. The molecular formula is C20H20ClFN2O4S. The minimum atomic E-state index is -4.20. The van der Waals surface area contributed by atoms with Gasteiger partial charge in [-0.05, 0) is 32.4 Å². The van der Waals surface area contributed by atoms with Gasteiger partial charge in [0.25, 0.3) is 0 Å². The molecular weight excluding hydrogens is 419 g/mol. The van der Waals surface area contributed by atoms with E-state index in [9.17, 15) is 22.7 Å². The number of carbonyl (C=O) groups excluding carboxylic acids is 1. The minimum absolute atomic E-state index is 0.00851. The van der Waals surface area contributed by atoms with Gasteiger partial charge in [0.05, 0.1) is 21.7 Å². The van der Waals surface area contributed by atoms with Gasteiger partial charge >= 0.3 is 0 Å². The van der Waals surface area contributed by atoms with Crippen molar-refractivity contribution >= 4 is 43.7 Å². The lowest BCUT2D eigenvalue weighted by atomic mass is 9.97. The van der Waals surface area contributed by atoms with Gasteiger partial charge in [-0.25, -0.2) is 17.8 Å². The standard InChI is InChI=1S/C20H20ClFN2O4S/c1-10-6-7-13(15(21)17(10)24(5)11(2)25)19-18(26)16-14(8-12(22)9-23-16)20(3,4)29(19,27)28/h6-9,26H,1-5H3. The first kappa shape index (κ1) is 21.3. The quantitative estimate of drug-likeness (QED) is 0.758. The molecule has 2 heterocycles. The van der Waals surface area contributed by atoms with Gasteiger partial charge in [0, 0.05) is 25.1 Å². The number of amides is 1. The third kappa shape index (κ3) is 3.02. The van der Waals surface area contributed by atoms with Gasteiger partial charge in [0.2, 0.25) is 5.91 Å². The number of aliphatic hydroxyl groups is 1. The highest BCUT2D eigenvalue weighted by Crippen LogP contribution is 2.50. The van der Waals surface area contributed by atoms with Crippen molar-refractivity contribution in [2.24, 2.45) is 0 Å². The van der Waals surface area contributed by atoms with Crippen molar-refractivity contribution in [3.63, 3.8) is 0 Å². The fraction of sp³-hybridized carbons (Fsp3) is 0.300. The first-order chi connectivity index (χ1) is 13.3. The van der Waals surface area contributed by atoms with Crippen molar-refractivity contribution in [3.8, 4) is 0 Å². The molecule has 0 bridgehead atoms. The van der Waals surface area contributed by atoms with Gasteiger partial charge in [-0.1, -0.05) is 23.7 Å². The number of pyridine rings is 1. The molecule has 0 atom stereocenters. The minimum Gasteiger partial charge on any atom is -0.504 e. The average Bonchev–Trinajstić information content (AvgIpc) is 2.62. The average molecular weight is 439 g/mol. The molecule has 1 aliphatic rings. The van der Waals surface area contributed by atoms with Gasteiger partial charge in [-0.3, -0.25) is 4.79 Å². The lowest BCUT2D eigenvalue weighted by molar-refractivity contribution is -0.116. The number of aromatic nitrogens is 1. The van der Waals surface area contributed by atoms with E-state index in [-0.39, 0.29) is 27.8 Å². The summed E-state index contributed by atoms with van der Waals surface area (Å²) in [5.41, 5.74) is 1.07. The number of hydrogen-bond donors (Lipinski definition) is 1. The maximum Gasteiger partial charge on any atom is 0.223 e.